The molecule has 1 aromatic carbocycles. The van der Waals surface area contributed by atoms with Crippen molar-refractivity contribution in [3.63, 3.8) is 0 Å². The first-order valence-electron chi connectivity index (χ1n) is 7.89. The number of amides is 1. The normalized spacial score (nSPS) is 16.9. The van der Waals surface area contributed by atoms with Gasteiger partial charge in [-0.3, -0.25) is 4.79 Å². The Hall–Kier alpha value is -2.02. The monoisotopic (exact) mass is 300 g/mol. The lowest BCUT2D eigenvalue weighted by atomic mass is 9.88. The molecule has 4 nitrogen and oxygen atoms in total. The SMILES string of the molecule is CCCCN1C(=O)c2c(C)cc(OC)c(C(C)C)c2C1C#N. The summed E-state index contributed by atoms with van der Waals surface area (Å²) in [5.74, 6) is 0.952. The van der Waals surface area contributed by atoms with Crippen LogP contribution >= 0.6 is 0 Å². The average molecular weight is 300 g/mol. The van der Waals surface area contributed by atoms with Gasteiger partial charge in [0.1, 0.15) is 11.8 Å². The molecular formula is C18H24N2O2. The van der Waals surface area contributed by atoms with Crippen LogP contribution in [-0.2, 0) is 0 Å². The molecule has 0 bridgehead atoms. The molecule has 2 rings (SSSR count). The van der Waals surface area contributed by atoms with E-state index in [1.165, 1.54) is 0 Å². The maximum absolute atomic E-state index is 12.8. The fourth-order valence-electron chi connectivity index (χ4n) is 3.27. The van der Waals surface area contributed by atoms with Gasteiger partial charge in [-0.2, -0.15) is 5.26 Å². The van der Waals surface area contributed by atoms with Crippen molar-refractivity contribution >= 4 is 5.91 Å². The van der Waals surface area contributed by atoms with E-state index >= 15 is 0 Å². The summed E-state index contributed by atoms with van der Waals surface area (Å²) in [6.07, 6.45) is 1.91. The van der Waals surface area contributed by atoms with E-state index < -0.39 is 6.04 Å². The maximum atomic E-state index is 12.8. The summed E-state index contributed by atoms with van der Waals surface area (Å²) in [5, 5.41) is 9.68. The van der Waals surface area contributed by atoms with Gasteiger partial charge >= 0.3 is 0 Å². The van der Waals surface area contributed by atoms with E-state index in [0.29, 0.717) is 12.1 Å². The Morgan fingerprint density at radius 2 is 2.14 bits per heavy atom. The summed E-state index contributed by atoms with van der Waals surface area (Å²) in [6.45, 7) is 8.77. The van der Waals surface area contributed by atoms with Crippen molar-refractivity contribution in [3.05, 3.63) is 28.3 Å². The standard InChI is InChI=1S/C18H24N2O2/c1-6-7-8-20-13(10-19)17-15(11(2)3)14(22-5)9-12(4)16(17)18(20)21/h9,11,13H,6-8H2,1-5H3. The summed E-state index contributed by atoms with van der Waals surface area (Å²) >= 11 is 0. The Morgan fingerprint density at radius 1 is 1.45 bits per heavy atom. The number of nitrogens with zero attached hydrogens (tertiary/aromatic N) is 2. The molecule has 1 amide bonds. The van der Waals surface area contributed by atoms with Crippen molar-refractivity contribution in [2.75, 3.05) is 13.7 Å². The fourth-order valence-corrected chi connectivity index (χ4v) is 3.27. The molecule has 1 aliphatic rings. The van der Waals surface area contributed by atoms with E-state index in [1.54, 1.807) is 12.0 Å². The van der Waals surface area contributed by atoms with Gasteiger partial charge in [0, 0.05) is 23.2 Å². The number of hydrogen-bond donors (Lipinski definition) is 0. The van der Waals surface area contributed by atoms with Gasteiger partial charge in [-0.15, -0.1) is 0 Å². The minimum atomic E-state index is -0.500. The number of carbonyl (C=O) groups excluding carboxylic acids is 1. The van der Waals surface area contributed by atoms with E-state index in [0.717, 1.165) is 35.3 Å². The molecule has 22 heavy (non-hydrogen) atoms. The summed E-state index contributed by atoms with van der Waals surface area (Å²) in [6, 6.07) is 3.75. The first-order chi connectivity index (χ1) is 10.5. The van der Waals surface area contributed by atoms with Crippen LogP contribution in [0.2, 0.25) is 0 Å². The van der Waals surface area contributed by atoms with Gasteiger partial charge in [-0.25, -0.2) is 0 Å². The number of ether oxygens (including phenoxy) is 1. The third-order valence-corrected chi connectivity index (χ3v) is 4.30. The van der Waals surface area contributed by atoms with Crippen LogP contribution in [0.1, 0.15) is 72.6 Å². The minimum Gasteiger partial charge on any atom is -0.496 e. The topological polar surface area (TPSA) is 53.3 Å². The van der Waals surface area contributed by atoms with Gasteiger partial charge in [-0.05, 0) is 30.9 Å². The van der Waals surface area contributed by atoms with Crippen LogP contribution in [0.3, 0.4) is 0 Å². The van der Waals surface area contributed by atoms with Gasteiger partial charge in [0.15, 0.2) is 0 Å². The summed E-state index contributed by atoms with van der Waals surface area (Å²) < 4.78 is 5.52. The number of hydrogen-bond acceptors (Lipinski definition) is 3. The van der Waals surface area contributed by atoms with Crippen LogP contribution in [0.4, 0.5) is 0 Å². The van der Waals surface area contributed by atoms with Gasteiger partial charge in [0.05, 0.1) is 13.2 Å². The zero-order chi connectivity index (χ0) is 16.4. The third kappa shape index (κ3) is 2.45. The highest BCUT2D eigenvalue weighted by molar-refractivity contribution is 6.02. The Bertz CT molecular complexity index is 629. The molecule has 0 saturated heterocycles. The molecule has 118 valence electrons. The molecule has 0 aromatic heterocycles. The van der Waals surface area contributed by atoms with Gasteiger partial charge < -0.3 is 9.64 Å². The van der Waals surface area contributed by atoms with Crippen molar-refractivity contribution in [3.8, 4) is 11.8 Å². The molecule has 4 heteroatoms. The lowest BCUT2D eigenvalue weighted by molar-refractivity contribution is 0.0754. The first kappa shape index (κ1) is 16.4. The average Bonchev–Trinajstić information content (AvgIpc) is 2.76. The van der Waals surface area contributed by atoms with E-state index in [4.69, 9.17) is 4.74 Å². The molecule has 1 unspecified atom stereocenters. The van der Waals surface area contributed by atoms with Gasteiger partial charge in [0.25, 0.3) is 5.91 Å². The van der Waals surface area contributed by atoms with Crippen LogP contribution in [-0.4, -0.2) is 24.5 Å². The van der Waals surface area contributed by atoms with Crippen LogP contribution in [0.15, 0.2) is 6.07 Å². The number of benzene rings is 1. The zero-order valence-corrected chi connectivity index (χ0v) is 14.1. The third-order valence-electron chi connectivity index (χ3n) is 4.30. The zero-order valence-electron chi connectivity index (χ0n) is 14.1. The summed E-state index contributed by atoms with van der Waals surface area (Å²) in [7, 11) is 1.64. The van der Waals surface area contributed by atoms with Crippen molar-refractivity contribution < 1.29 is 9.53 Å². The predicted molar refractivity (Wildman–Crippen MR) is 86.1 cm³/mol. The second-order valence-electron chi connectivity index (χ2n) is 6.14. The predicted octanol–water partition coefficient (Wildman–Crippen LogP) is 3.95. The smallest absolute Gasteiger partial charge is 0.255 e. The van der Waals surface area contributed by atoms with E-state index in [2.05, 4.69) is 26.8 Å². The minimum absolute atomic E-state index is 0.0166. The molecule has 1 aliphatic heterocycles. The summed E-state index contributed by atoms with van der Waals surface area (Å²) in [5.41, 5.74) is 3.44. The molecule has 0 spiro atoms. The number of unbranched alkanes of at least 4 members (excludes halogenated alkanes) is 1. The lowest BCUT2D eigenvalue weighted by Gasteiger charge is -2.22. The van der Waals surface area contributed by atoms with E-state index in [-0.39, 0.29) is 11.8 Å². The van der Waals surface area contributed by atoms with Crippen LogP contribution < -0.4 is 4.74 Å². The highest BCUT2D eigenvalue weighted by Crippen LogP contribution is 2.44. The number of nitriles is 1. The molecule has 0 radical (unpaired) electrons. The molecular weight excluding hydrogens is 276 g/mol. The Balaban J connectivity index is 2.67. The molecule has 0 N–H and O–H groups in total. The largest absolute Gasteiger partial charge is 0.496 e. The van der Waals surface area contributed by atoms with Crippen molar-refractivity contribution in [1.82, 2.24) is 4.90 Å². The number of rotatable bonds is 5. The Morgan fingerprint density at radius 3 is 2.64 bits per heavy atom. The van der Waals surface area contributed by atoms with Crippen molar-refractivity contribution in [2.45, 2.75) is 52.5 Å². The second kappa shape index (κ2) is 6.39. The Kier molecular flexibility index (Phi) is 4.75. The molecule has 0 saturated carbocycles. The van der Waals surface area contributed by atoms with Crippen molar-refractivity contribution in [2.24, 2.45) is 0 Å². The number of aryl methyl sites for hydroxylation is 1. The van der Waals surface area contributed by atoms with Crippen LogP contribution in [0, 0.1) is 18.3 Å². The quantitative estimate of drug-likeness (QED) is 0.827. The van der Waals surface area contributed by atoms with Crippen LogP contribution in [0.5, 0.6) is 5.75 Å². The molecule has 1 aromatic rings. The van der Waals surface area contributed by atoms with E-state index in [9.17, 15) is 10.1 Å². The van der Waals surface area contributed by atoms with Gasteiger partial charge in [0.2, 0.25) is 0 Å². The lowest BCUT2D eigenvalue weighted by Crippen LogP contribution is -2.28. The number of methoxy groups -OCH3 is 1. The van der Waals surface area contributed by atoms with Gasteiger partial charge in [-0.1, -0.05) is 27.2 Å². The molecule has 0 aliphatic carbocycles. The molecule has 1 heterocycles. The molecule has 1 atom stereocenters. The first-order valence-corrected chi connectivity index (χ1v) is 7.89. The van der Waals surface area contributed by atoms with Crippen LogP contribution in [0.25, 0.3) is 0 Å². The number of fused-ring (bicyclic) bond motifs is 1. The fraction of sp³-hybridized carbons (Fsp3) is 0.556. The summed E-state index contributed by atoms with van der Waals surface area (Å²) in [4.78, 5) is 14.5. The Labute approximate surface area is 132 Å². The highest BCUT2D eigenvalue weighted by Gasteiger charge is 2.41. The second-order valence-corrected chi connectivity index (χ2v) is 6.14. The highest BCUT2D eigenvalue weighted by atomic mass is 16.5. The maximum Gasteiger partial charge on any atom is 0.255 e. The molecule has 0 fully saturated rings. The van der Waals surface area contributed by atoms with Crippen molar-refractivity contribution in [1.29, 1.82) is 5.26 Å². The number of carbonyl (C=O) groups is 1. The van der Waals surface area contributed by atoms with E-state index in [1.807, 2.05) is 13.0 Å².